The van der Waals surface area contributed by atoms with Crippen LogP contribution in [0.2, 0.25) is 0 Å². The summed E-state index contributed by atoms with van der Waals surface area (Å²) >= 11 is 8.63. The molecule has 0 bridgehead atoms. The van der Waals surface area contributed by atoms with E-state index in [1.54, 1.807) is 7.11 Å². The van der Waals surface area contributed by atoms with Crippen LogP contribution >= 0.6 is 28.1 Å². The van der Waals surface area contributed by atoms with E-state index in [4.69, 9.17) is 22.7 Å². The molecule has 0 aliphatic heterocycles. The molecule has 0 saturated carbocycles. The number of nitrogens with one attached hydrogen (secondary N) is 1. The van der Waals surface area contributed by atoms with Crippen molar-refractivity contribution in [2.45, 2.75) is 13.8 Å². The first-order valence-electron chi connectivity index (χ1n) is 6.44. The van der Waals surface area contributed by atoms with Crippen LogP contribution in [0.4, 0.5) is 11.4 Å². The summed E-state index contributed by atoms with van der Waals surface area (Å²) in [5.41, 5.74) is 10.8. The summed E-state index contributed by atoms with van der Waals surface area (Å²) in [6, 6.07) is 9.75. The van der Waals surface area contributed by atoms with Gasteiger partial charge in [0.25, 0.3) is 0 Å². The first-order valence-corrected chi connectivity index (χ1v) is 7.64. The summed E-state index contributed by atoms with van der Waals surface area (Å²) in [4.78, 5) is 0.354. The fourth-order valence-corrected chi connectivity index (χ4v) is 3.08. The van der Waals surface area contributed by atoms with Crippen LogP contribution in [0.15, 0.2) is 34.8 Å². The maximum atomic E-state index is 5.80. The van der Waals surface area contributed by atoms with Crippen LogP contribution in [-0.4, -0.2) is 12.1 Å². The maximum Gasteiger partial charge on any atom is 0.120 e. The predicted molar refractivity (Wildman–Crippen MR) is 95.8 cm³/mol. The van der Waals surface area contributed by atoms with E-state index in [2.05, 4.69) is 47.2 Å². The zero-order valence-corrected chi connectivity index (χ0v) is 14.6. The second-order valence-electron chi connectivity index (χ2n) is 4.82. The van der Waals surface area contributed by atoms with Gasteiger partial charge in [0, 0.05) is 21.8 Å². The fraction of sp³-hybridized carbons (Fsp3) is 0.188. The number of hydrogen-bond acceptors (Lipinski definition) is 3. The number of rotatable bonds is 4. The number of methoxy groups -OCH3 is 1. The number of halogens is 1. The summed E-state index contributed by atoms with van der Waals surface area (Å²) in [6.45, 7) is 4.11. The van der Waals surface area contributed by atoms with Gasteiger partial charge in [0.05, 0.1) is 12.8 Å². The second-order valence-corrected chi connectivity index (χ2v) is 6.17. The van der Waals surface area contributed by atoms with Crippen molar-refractivity contribution in [1.29, 1.82) is 0 Å². The zero-order valence-electron chi connectivity index (χ0n) is 12.2. The molecule has 0 atom stereocenters. The van der Waals surface area contributed by atoms with Gasteiger partial charge >= 0.3 is 0 Å². The molecular weight excluding hydrogens is 348 g/mol. The molecule has 5 heteroatoms. The summed E-state index contributed by atoms with van der Waals surface area (Å²) < 4.78 is 6.33. The molecule has 0 aliphatic carbocycles. The molecule has 3 nitrogen and oxygen atoms in total. The van der Waals surface area contributed by atoms with E-state index >= 15 is 0 Å². The SMILES string of the molecule is COc1ccc(C(N)=S)c(Nc2c(C)cc(Br)cc2C)c1. The Labute approximate surface area is 138 Å². The van der Waals surface area contributed by atoms with Crippen molar-refractivity contribution in [2.24, 2.45) is 5.73 Å². The summed E-state index contributed by atoms with van der Waals surface area (Å²) in [5.74, 6) is 0.755. The minimum Gasteiger partial charge on any atom is -0.497 e. The monoisotopic (exact) mass is 364 g/mol. The van der Waals surface area contributed by atoms with E-state index in [9.17, 15) is 0 Å². The van der Waals surface area contributed by atoms with Gasteiger partial charge in [-0.3, -0.25) is 0 Å². The Hall–Kier alpha value is -1.59. The molecule has 2 aromatic rings. The first-order chi connectivity index (χ1) is 9.92. The highest BCUT2D eigenvalue weighted by Gasteiger charge is 2.10. The van der Waals surface area contributed by atoms with Gasteiger partial charge in [-0.15, -0.1) is 0 Å². The standard InChI is InChI=1S/C16H17BrN2OS/c1-9-6-11(17)7-10(2)15(9)19-14-8-12(20-3)4-5-13(14)16(18)21/h4-8,19H,1-3H3,(H2,18,21). The average Bonchev–Trinajstić information content (AvgIpc) is 2.42. The van der Waals surface area contributed by atoms with Crippen molar-refractivity contribution < 1.29 is 4.74 Å². The lowest BCUT2D eigenvalue weighted by molar-refractivity contribution is 0.415. The maximum absolute atomic E-state index is 5.80. The Morgan fingerprint density at radius 3 is 2.33 bits per heavy atom. The minimum absolute atomic E-state index is 0.354. The molecule has 21 heavy (non-hydrogen) atoms. The lowest BCUT2D eigenvalue weighted by atomic mass is 10.1. The third-order valence-corrected chi connectivity index (χ3v) is 3.93. The van der Waals surface area contributed by atoms with E-state index in [0.717, 1.165) is 38.3 Å². The highest BCUT2D eigenvalue weighted by Crippen LogP contribution is 2.31. The molecule has 0 aromatic heterocycles. The number of benzene rings is 2. The minimum atomic E-state index is 0.354. The number of ether oxygens (including phenoxy) is 1. The number of aryl methyl sites for hydroxylation is 2. The molecule has 0 amide bonds. The van der Waals surface area contributed by atoms with Gasteiger partial charge < -0.3 is 15.8 Å². The van der Waals surface area contributed by atoms with Crippen LogP contribution in [0, 0.1) is 13.8 Å². The van der Waals surface area contributed by atoms with E-state index in [1.807, 2.05) is 18.2 Å². The van der Waals surface area contributed by atoms with E-state index in [-0.39, 0.29) is 0 Å². The Bertz CT molecular complexity index is 678. The van der Waals surface area contributed by atoms with Crippen LogP contribution < -0.4 is 15.8 Å². The van der Waals surface area contributed by atoms with Gasteiger partial charge in [0.15, 0.2) is 0 Å². The Kier molecular flexibility index (Phi) is 4.85. The molecular formula is C16H17BrN2OS. The number of hydrogen-bond donors (Lipinski definition) is 2. The molecule has 0 aliphatic rings. The normalized spacial score (nSPS) is 10.3. The third kappa shape index (κ3) is 3.54. The Morgan fingerprint density at radius 2 is 1.81 bits per heavy atom. The van der Waals surface area contributed by atoms with E-state index in [1.165, 1.54) is 0 Å². The van der Waals surface area contributed by atoms with Gasteiger partial charge in [-0.2, -0.15) is 0 Å². The van der Waals surface area contributed by atoms with Crippen molar-refractivity contribution in [2.75, 3.05) is 12.4 Å². The molecule has 0 unspecified atom stereocenters. The van der Waals surface area contributed by atoms with Crippen molar-refractivity contribution in [1.82, 2.24) is 0 Å². The number of nitrogens with two attached hydrogens (primary N) is 1. The van der Waals surface area contributed by atoms with Crippen LogP contribution in [0.1, 0.15) is 16.7 Å². The third-order valence-electron chi connectivity index (χ3n) is 3.25. The largest absolute Gasteiger partial charge is 0.497 e. The van der Waals surface area contributed by atoms with E-state index in [0.29, 0.717) is 4.99 Å². The fourth-order valence-electron chi connectivity index (χ4n) is 2.21. The van der Waals surface area contributed by atoms with Gasteiger partial charge in [0.2, 0.25) is 0 Å². The van der Waals surface area contributed by atoms with Crippen molar-refractivity contribution in [3.63, 3.8) is 0 Å². The van der Waals surface area contributed by atoms with Gasteiger partial charge in [-0.05, 0) is 49.2 Å². The lowest BCUT2D eigenvalue weighted by Gasteiger charge is -2.17. The summed E-state index contributed by atoms with van der Waals surface area (Å²) in [5, 5.41) is 3.42. The highest BCUT2D eigenvalue weighted by molar-refractivity contribution is 9.10. The van der Waals surface area contributed by atoms with Gasteiger partial charge in [-0.25, -0.2) is 0 Å². The second kappa shape index (κ2) is 6.45. The van der Waals surface area contributed by atoms with Crippen LogP contribution in [0.5, 0.6) is 5.75 Å². The quantitative estimate of drug-likeness (QED) is 0.786. The first kappa shape index (κ1) is 15.8. The van der Waals surface area contributed by atoms with Gasteiger partial charge in [0.1, 0.15) is 10.7 Å². The summed E-state index contributed by atoms with van der Waals surface area (Å²) in [6.07, 6.45) is 0. The molecule has 2 aromatic carbocycles. The van der Waals surface area contributed by atoms with E-state index < -0.39 is 0 Å². The molecule has 0 radical (unpaired) electrons. The molecule has 0 fully saturated rings. The molecule has 0 spiro atoms. The predicted octanol–water partition coefficient (Wildman–Crippen LogP) is 4.45. The van der Waals surface area contributed by atoms with Gasteiger partial charge in [-0.1, -0.05) is 28.1 Å². The summed E-state index contributed by atoms with van der Waals surface area (Å²) in [7, 11) is 1.63. The smallest absolute Gasteiger partial charge is 0.120 e. The highest BCUT2D eigenvalue weighted by atomic mass is 79.9. The zero-order chi connectivity index (χ0) is 15.6. The topological polar surface area (TPSA) is 47.3 Å². The van der Waals surface area contributed by atoms with Crippen LogP contribution in [-0.2, 0) is 0 Å². The van der Waals surface area contributed by atoms with Crippen molar-refractivity contribution in [3.05, 3.63) is 51.5 Å². The molecule has 3 N–H and O–H groups in total. The molecule has 2 rings (SSSR count). The van der Waals surface area contributed by atoms with Crippen molar-refractivity contribution >= 4 is 44.5 Å². The van der Waals surface area contributed by atoms with Crippen molar-refractivity contribution in [3.8, 4) is 5.75 Å². The average molecular weight is 365 g/mol. The Morgan fingerprint density at radius 1 is 1.19 bits per heavy atom. The molecule has 0 saturated heterocycles. The van der Waals surface area contributed by atoms with Crippen LogP contribution in [0.3, 0.4) is 0 Å². The number of thiocarbonyl (C=S) groups is 1. The Balaban J connectivity index is 2.50. The molecule has 110 valence electrons. The lowest BCUT2D eigenvalue weighted by Crippen LogP contribution is -2.12. The number of anilines is 2. The molecule has 0 heterocycles. The van der Waals surface area contributed by atoms with Crippen LogP contribution in [0.25, 0.3) is 0 Å².